The molecule has 4 N–H and O–H groups in total. The SMILES string of the molecule is CN(C)CCNc1cc(F)cc(-c2ccnc3nc(-c4n[nH]c5cc(F)c(-c6cncc(NC(=O)C7CCCC7)c6)cc45)[nH]c23)c1. The van der Waals surface area contributed by atoms with Gasteiger partial charge in [-0.05, 0) is 68.9 Å². The molecule has 1 saturated carbocycles. The summed E-state index contributed by atoms with van der Waals surface area (Å²) in [5, 5.41) is 14.2. The highest BCUT2D eigenvalue weighted by molar-refractivity contribution is 5.98. The Balaban J connectivity index is 1.23. The zero-order chi connectivity index (χ0) is 31.8. The number of pyridine rings is 2. The maximum atomic E-state index is 15.4. The highest BCUT2D eigenvalue weighted by atomic mass is 19.1. The van der Waals surface area contributed by atoms with Crippen LogP contribution in [0.4, 0.5) is 20.2 Å². The molecule has 0 bridgehead atoms. The molecule has 7 rings (SSSR count). The van der Waals surface area contributed by atoms with Crippen molar-refractivity contribution in [3.63, 3.8) is 0 Å². The van der Waals surface area contributed by atoms with Crippen molar-refractivity contribution in [1.82, 2.24) is 35.0 Å². The van der Waals surface area contributed by atoms with Crippen LogP contribution in [0.2, 0.25) is 0 Å². The number of aromatic amines is 2. The average molecular weight is 622 g/mol. The molecule has 46 heavy (non-hydrogen) atoms. The van der Waals surface area contributed by atoms with Crippen LogP contribution in [0.25, 0.3) is 55.8 Å². The van der Waals surface area contributed by atoms with Crippen LogP contribution in [0.1, 0.15) is 25.7 Å². The Kier molecular flexibility index (Phi) is 7.87. The van der Waals surface area contributed by atoms with Gasteiger partial charge in [0.05, 0.1) is 22.9 Å². The van der Waals surface area contributed by atoms with Crippen LogP contribution in [0.15, 0.2) is 61.1 Å². The van der Waals surface area contributed by atoms with Crippen molar-refractivity contribution in [3.8, 4) is 33.8 Å². The number of fused-ring (bicyclic) bond motifs is 2. The second-order valence-corrected chi connectivity index (χ2v) is 12.0. The summed E-state index contributed by atoms with van der Waals surface area (Å²) in [7, 11) is 3.96. The van der Waals surface area contributed by atoms with E-state index in [9.17, 15) is 9.18 Å². The minimum atomic E-state index is -0.460. The molecule has 0 atom stereocenters. The van der Waals surface area contributed by atoms with E-state index >= 15 is 4.39 Å². The third-order valence-electron chi connectivity index (χ3n) is 8.41. The van der Waals surface area contributed by atoms with E-state index in [4.69, 9.17) is 4.98 Å². The van der Waals surface area contributed by atoms with Gasteiger partial charge in [-0.3, -0.25) is 14.9 Å². The van der Waals surface area contributed by atoms with E-state index in [1.165, 1.54) is 18.2 Å². The molecule has 4 aromatic heterocycles. The lowest BCUT2D eigenvalue weighted by Crippen LogP contribution is -2.20. The molecule has 0 unspecified atom stereocenters. The standard InChI is InChI=1S/C34H33F2N9O/c1-45(2)10-9-38-23-12-20(11-22(35)14-23)25-7-8-39-32-30(25)41-33(42-32)31-27-15-26(28(36)16-29(27)43-44-31)21-13-24(18-37-17-21)40-34(46)19-5-3-4-6-19/h7-8,11-19,38H,3-6,9-10H2,1-2H3,(H,40,46)(H,43,44)(H,39,41,42). The molecule has 1 aliphatic carbocycles. The van der Waals surface area contributed by atoms with E-state index in [1.807, 2.05) is 31.1 Å². The molecular weight excluding hydrogens is 588 g/mol. The first-order chi connectivity index (χ1) is 22.3. The Bertz CT molecular complexity index is 2060. The van der Waals surface area contributed by atoms with Crippen molar-refractivity contribution in [3.05, 3.63) is 72.7 Å². The molecule has 0 saturated heterocycles. The molecule has 2 aromatic carbocycles. The van der Waals surface area contributed by atoms with Crippen LogP contribution in [0, 0.1) is 17.6 Å². The number of halogens is 2. The lowest BCUT2D eigenvalue weighted by atomic mass is 10.0. The number of anilines is 2. The zero-order valence-electron chi connectivity index (χ0n) is 25.5. The van der Waals surface area contributed by atoms with Crippen molar-refractivity contribution < 1.29 is 13.6 Å². The molecule has 234 valence electrons. The summed E-state index contributed by atoms with van der Waals surface area (Å²) in [5.74, 6) is -0.429. The van der Waals surface area contributed by atoms with Gasteiger partial charge in [0.2, 0.25) is 5.91 Å². The van der Waals surface area contributed by atoms with Crippen molar-refractivity contribution in [2.45, 2.75) is 25.7 Å². The van der Waals surface area contributed by atoms with Crippen molar-refractivity contribution in [2.75, 3.05) is 37.8 Å². The third-order valence-corrected chi connectivity index (χ3v) is 8.41. The van der Waals surface area contributed by atoms with E-state index in [0.717, 1.165) is 37.8 Å². The van der Waals surface area contributed by atoms with Gasteiger partial charge in [-0.1, -0.05) is 12.8 Å². The highest BCUT2D eigenvalue weighted by Crippen LogP contribution is 2.35. The minimum Gasteiger partial charge on any atom is -0.384 e. The van der Waals surface area contributed by atoms with Crippen LogP contribution >= 0.6 is 0 Å². The Hall–Kier alpha value is -5.23. The number of likely N-dealkylation sites (N-methyl/N-ethyl adjacent to an activating group) is 1. The van der Waals surface area contributed by atoms with E-state index in [1.54, 1.807) is 30.7 Å². The minimum absolute atomic E-state index is 0.00300. The summed E-state index contributed by atoms with van der Waals surface area (Å²) in [6.45, 7) is 1.47. The lowest BCUT2D eigenvalue weighted by Gasteiger charge is -2.13. The number of benzene rings is 2. The highest BCUT2D eigenvalue weighted by Gasteiger charge is 2.23. The molecule has 1 fully saturated rings. The average Bonchev–Trinajstić information content (AvgIpc) is 3.80. The molecule has 10 nitrogen and oxygen atoms in total. The van der Waals surface area contributed by atoms with Crippen molar-refractivity contribution >= 4 is 39.3 Å². The van der Waals surface area contributed by atoms with Crippen LogP contribution in [0.3, 0.4) is 0 Å². The summed E-state index contributed by atoms with van der Waals surface area (Å²) in [5.41, 5.74) is 5.44. The fraction of sp³-hybridized carbons (Fsp3) is 0.265. The number of aromatic nitrogens is 6. The lowest BCUT2D eigenvalue weighted by molar-refractivity contribution is -0.119. The number of nitrogens with one attached hydrogen (secondary N) is 4. The second-order valence-electron chi connectivity index (χ2n) is 12.0. The number of amides is 1. The Labute approximate surface area is 263 Å². The molecule has 0 aliphatic heterocycles. The smallest absolute Gasteiger partial charge is 0.227 e. The van der Waals surface area contributed by atoms with E-state index in [2.05, 4.69) is 35.8 Å². The van der Waals surface area contributed by atoms with E-state index < -0.39 is 5.82 Å². The van der Waals surface area contributed by atoms with Crippen LogP contribution in [-0.4, -0.2) is 68.1 Å². The molecule has 12 heteroatoms. The van der Waals surface area contributed by atoms with Gasteiger partial charge in [0.15, 0.2) is 11.5 Å². The van der Waals surface area contributed by atoms with Crippen molar-refractivity contribution in [1.29, 1.82) is 0 Å². The summed E-state index contributed by atoms with van der Waals surface area (Å²) in [4.78, 5) is 31.5. The number of carbonyl (C=O) groups is 1. The molecule has 1 amide bonds. The number of nitrogens with zero attached hydrogens (tertiary/aromatic N) is 5. The van der Waals surface area contributed by atoms with Gasteiger partial charge in [0, 0.05) is 65.2 Å². The monoisotopic (exact) mass is 621 g/mol. The summed E-state index contributed by atoms with van der Waals surface area (Å²) in [6.07, 6.45) is 8.63. The Morgan fingerprint density at radius 2 is 1.83 bits per heavy atom. The largest absolute Gasteiger partial charge is 0.384 e. The first-order valence-corrected chi connectivity index (χ1v) is 15.3. The van der Waals surface area contributed by atoms with Crippen LogP contribution in [0.5, 0.6) is 0 Å². The van der Waals surface area contributed by atoms with Crippen LogP contribution in [-0.2, 0) is 4.79 Å². The second kappa shape index (κ2) is 12.3. The zero-order valence-corrected chi connectivity index (χ0v) is 25.5. The Morgan fingerprint density at radius 1 is 1.00 bits per heavy atom. The fourth-order valence-electron chi connectivity index (χ4n) is 6.06. The van der Waals surface area contributed by atoms with Crippen molar-refractivity contribution in [2.24, 2.45) is 5.92 Å². The van der Waals surface area contributed by atoms with Gasteiger partial charge in [-0.2, -0.15) is 5.10 Å². The Morgan fingerprint density at radius 3 is 2.65 bits per heavy atom. The van der Waals surface area contributed by atoms with Gasteiger partial charge in [0.25, 0.3) is 0 Å². The predicted molar refractivity (Wildman–Crippen MR) is 175 cm³/mol. The number of rotatable bonds is 9. The maximum Gasteiger partial charge on any atom is 0.227 e. The van der Waals surface area contributed by atoms with Gasteiger partial charge < -0.3 is 20.5 Å². The van der Waals surface area contributed by atoms with Gasteiger partial charge >= 0.3 is 0 Å². The molecular formula is C34H33F2N9O. The van der Waals surface area contributed by atoms with Gasteiger partial charge in [-0.15, -0.1) is 0 Å². The summed E-state index contributed by atoms with van der Waals surface area (Å²) in [6, 6.07) is 11.5. The number of carbonyl (C=O) groups excluding carboxylic acids is 1. The molecule has 4 heterocycles. The van der Waals surface area contributed by atoms with Gasteiger partial charge in [0.1, 0.15) is 17.3 Å². The first kappa shape index (κ1) is 29.5. The topological polar surface area (TPSA) is 128 Å². The normalized spacial score (nSPS) is 13.7. The fourth-order valence-corrected chi connectivity index (χ4v) is 6.06. The molecule has 1 aliphatic rings. The molecule has 6 aromatic rings. The van der Waals surface area contributed by atoms with E-state index in [0.29, 0.717) is 68.2 Å². The quantitative estimate of drug-likeness (QED) is 0.143. The number of H-pyrrole nitrogens is 2. The van der Waals surface area contributed by atoms with Crippen LogP contribution < -0.4 is 10.6 Å². The number of hydrogen-bond donors (Lipinski definition) is 4. The number of hydrogen-bond acceptors (Lipinski definition) is 7. The maximum absolute atomic E-state index is 15.4. The predicted octanol–water partition coefficient (Wildman–Crippen LogP) is 6.61. The molecule has 0 spiro atoms. The first-order valence-electron chi connectivity index (χ1n) is 15.3. The summed E-state index contributed by atoms with van der Waals surface area (Å²) < 4.78 is 30.1. The van der Waals surface area contributed by atoms with E-state index in [-0.39, 0.29) is 17.6 Å². The van der Waals surface area contributed by atoms with Gasteiger partial charge in [-0.25, -0.2) is 18.7 Å². The molecule has 0 radical (unpaired) electrons. The third kappa shape index (κ3) is 5.91. The summed E-state index contributed by atoms with van der Waals surface area (Å²) >= 11 is 0. The number of imidazole rings is 1.